The molecular formula is C25H27NO7. The highest BCUT2D eigenvalue weighted by Crippen LogP contribution is 2.53. The van der Waals surface area contributed by atoms with Gasteiger partial charge in [-0.25, -0.2) is 14.4 Å². The Morgan fingerprint density at radius 1 is 1.00 bits per heavy atom. The number of carbonyl (C=O) groups excluding carboxylic acids is 3. The van der Waals surface area contributed by atoms with Crippen LogP contribution < -0.4 is 4.74 Å². The fraction of sp³-hybridized carbons (Fsp3) is 0.400. The average Bonchev–Trinajstić information content (AvgIpc) is 3.02. The van der Waals surface area contributed by atoms with Crippen molar-refractivity contribution >= 4 is 17.9 Å². The Morgan fingerprint density at radius 2 is 1.64 bits per heavy atom. The Kier molecular flexibility index (Phi) is 5.66. The maximum Gasteiger partial charge on any atom is 0.356 e. The van der Waals surface area contributed by atoms with Crippen molar-refractivity contribution in [3.05, 3.63) is 64.5 Å². The van der Waals surface area contributed by atoms with Gasteiger partial charge in [-0.3, -0.25) is 0 Å². The lowest BCUT2D eigenvalue weighted by atomic mass is 9.80. The molecule has 1 spiro atoms. The molecule has 4 rings (SSSR count). The smallest absolute Gasteiger partial charge is 0.356 e. The largest absolute Gasteiger partial charge is 0.459 e. The number of ether oxygens (including phenoxy) is 4. The molecule has 0 fully saturated rings. The van der Waals surface area contributed by atoms with Crippen LogP contribution in [-0.4, -0.2) is 41.2 Å². The van der Waals surface area contributed by atoms with Gasteiger partial charge in [0.2, 0.25) is 5.60 Å². The molecule has 3 aliphatic rings. The molecular weight excluding hydrogens is 426 g/mol. The van der Waals surface area contributed by atoms with Crippen molar-refractivity contribution < 1.29 is 33.3 Å². The Morgan fingerprint density at radius 3 is 2.30 bits per heavy atom. The van der Waals surface area contributed by atoms with E-state index in [2.05, 4.69) is 0 Å². The van der Waals surface area contributed by atoms with E-state index in [-0.39, 0.29) is 11.3 Å². The molecule has 0 amide bonds. The zero-order valence-electron chi connectivity index (χ0n) is 19.5. The van der Waals surface area contributed by atoms with E-state index in [9.17, 15) is 14.4 Å². The Bertz CT molecular complexity index is 1130. The SMILES string of the molecule is Cc1ccc(C)c2c1OC(=O)[C@]21O[C@H]2C=CC=CN2C(C(=O)OC(C)C)=C1C(=O)OC(C)C. The lowest BCUT2D eigenvalue weighted by molar-refractivity contribution is -0.179. The number of carbonyl (C=O) groups is 3. The van der Waals surface area contributed by atoms with Crippen LogP contribution in [0.4, 0.5) is 0 Å². The van der Waals surface area contributed by atoms with Crippen molar-refractivity contribution in [3.8, 4) is 5.75 Å². The summed E-state index contributed by atoms with van der Waals surface area (Å²) in [6.45, 7) is 10.4. The fourth-order valence-electron chi connectivity index (χ4n) is 4.26. The minimum atomic E-state index is -1.99. The second-order valence-electron chi connectivity index (χ2n) is 8.75. The first-order valence-electron chi connectivity index (χ1n) is 10.9. The standard InChI is InChI=1S/C25H27NO7/c1-13(2)30-22(27)19-20(23(28)31-14(3)4)26-12-8-7-9-17(26)33-25(19)18-15(5)10-11-16(6)21(18)32-24(25)29/h7-14,17H,1-6H3/t17-,25-/m0/s1. The van der Waals surface area contributed by atoms with E-state index in [0.29, 0.717) is 22.4 Å². The Labute approximate surface area is 192 Å². The van der Waals surface area contributed by atoms with Gasteiger partial charge in [-0.15, -0.1) is 0 Å². The summed E-state index contributed by atoms with van der Waals surface area (Å²) in [5, 5.41) is 0. The normalized spacial score (nSPS) is 23.2. The number of hydrogen-bond donors (Lipinski definition) is 0. The van der Waals surface area contributed by atoms with E-state index < -0.39 is 41.9 Å². The molecule has 1 aromatic rings. The first-order valence-corrected chi connectivity index (χ1v) is 10.9. The Hall–Kier alpha value is -3.39. The molecule has 1 aromatic carbocycles. The molecule has 8 heteroatoms. The number of hydrogen-bond acceptors (Lipinski definition) is 8. The van der Waals surface area contributed by atoms with Gasteiger partial charge < -0.3 is 23.8 Å². The van der Waals surface area contributed by atoms with Crippen molar-refractivity contribution in [2.75, 3.05) is 0 Å². The van der Waals surface area contributed by atoms with E-state index in [1.807, 2.05) is 12.1 Å². The van der Waals surface area contributed by atoms with Crippen LogP contribution >= 0.6 is 0 Å². The van der Waals surface area contributed by atoms with E-state index in [1.165, 1.54) is 4.90 Å². The molecule has 0 saturated carbocycles. The van der Waals surface area contributed by atoms with Crippen LogP contribution in [-0.2, 0) is 34.2 Å². The maximum absolute atomic E-state index is 13.6. The van der Waals surface area contributed by atoms with Crippen molar-refractivity contribution in [1.29, 1.82) is 0 Å². The second-order valence-corrected chi connectivity index (χ2v) is 8.75. The van der Waals surface area contributed by atoms with Gasteiger partial charge in [-0.05, 0) is 64.8 Å². The van der Waals surface area contributed by atoms with Crippen LogP contribution in [0.25, 0.3) is 0 Å². The van der Waals surface area contributed by atoms with Crippen molar-refractivity contribution in [3.63, 3.8) is 0 Å². The summed E-state index contributed by atoms with van der Waals surface area (Å²) in [5.41, 5.74) is -0.585. The molecule has 0 saturated heterocycles. The lowest BCUT2D eigenvalue weighted by Crippen LogP contribution is -2.55. The van der Waals surface area contributed by atoms with Crippen LogP contribution in [0, 0.1) is 13.8 Å². The number of nitrogens with zero attached hydrogens (tertiary/aromatic N) is 1. The average molecular weight is 453 g/mol. The number of aryl methyl sites for hydroxylation is 2. The van der Waals surface area contributed by atoms with Crippen molar-refractivity contribution in [2.24, 2.45) is 0 Å². The number of rotatable bonds is 4. The molecule has 0 radical (unpaired) electrons. The lowest BCUT2D eigenvalue weighted by Gasteiger charge is -2.44. The molecule has 3 heterocycles. The second kappa shape index (κ2) is 8.19. The summed E-state index contributed by atoms with van der Waals surface area (Å²) < 4.78 is 23.0. The van der Waals surface area contributed by atoms with Gasteiger partial charge in [-0.1, -0.05) is 18.2 Å². The highest BCUT2D eigenvalue weighted by atomic mass is 16.6. The van der Waals surface area contributed by atoms with Gasteiger partial charge in [0, 0.05) is 11.8 Å². The first-order chi connectivity index (χ1) is 15.6. The van der Waals surface area contributed by atoms with Gasteiger partial charge in [0.1, 0.15) is 17.0 Å². The fourth-order valence-corrected chi connectivity index (χ4v) is 4.26. The minimum absolute atomic E-state index is 0.114. The zero-order chi connectivity index (χ0) is 24.1. The predicted octanol–water partition coefficient (Wildman–Crippen LogP) is 3.32. The summed E-state index contributed by atoms with van der Waals surface area (Å²) in [6, 6.07) is 3.64. The quantitative estimate of drug-likeness (QED) is 0.507. The molecule has 0 unspecified atom stereocenters. The molecule has 2 atom stereocenters. The summed E-state index contributed by atoms with van der Waals surface area (Å²) >= 11 is 0. The monoisotopic (exact) mass is 453 g/mol. The van der Waals surface area contributed by atoms with Gasteiger partial charge in [-0.2, -0.15) is 0 Å². The van der Waals surface area contributed by atoms with Crippen molar-refractivity contribution in [2.45, 2.75) is 65.6 Å². The van der Waals surface area contributed by atoms with Crippen LogP contribution in [0.1, 0.15) is 44.4 Å². The third kappa shape index (κ3) is 3.54. The van der Waals surface area contributed by atoms with E-state index in [4.69, 9.17) is 18.9 Å². The predicted molar refractivity (Wildman–Crippen MR) is 118 cm³/mol. The van der Waals surface area contributed by atoms with Crippen LogP contribution in [0.2, 0.25) is 0 Å². The summed E-state index contributed by atoms with van der Waals surface area (Å²) in [7, 11) is 0. The summed E-state index contributed by atoms with van der Waals surface area (Å²) in [4.78, 5) is 42.0. The van der Waals surface area contributed by atoms with Gasteiger partial charge in [0.25, 0.3) is 0 Å². The first kappa shape index (κ1) is 22.8. The zero-order valence-corrected chi connectivity index (χ0v) is 19.5. The van der Waals surface area contributed by atoms with Crippen LogP contribution in [0.15, 0.2) is 47.8 Å². The topological polar surface area (TPSA) is 91.4 Å². The molecule has 0 bridgehead atoms. The maximum atomic E-state index is 13.6. The highest BCUT2D eigenvalue weighted by Gasteiger charge is 2.63. The van der Waals surface area contributed by atoms with E-state index >= 15 is 0 Å². The minimum Gasteiger partial charge on any atom is -0.459 e. The number of allylic oxidation sites excluding steroid dienone is 2. The van der Waals surface area contributed by atoms with Crippen LogP contribution in [0.3, 0.4) is 0 Å². The van der Waals surface area contributed by atoms with Crippen molar-refractivity contribution in [1.82, 2.24) is 4.90 Å². The number of esters is 3. The third-order valence-electron chi connectivity index (χ3n) is 5.53. The molecule has 33 heavy (non-hydrogen) atoms. The number of fused-ring (bicyclic) bond motifs is 3. The molecule has 0 aliphatic carbocycles. The molecule has 0 N–H and O–H groups in total. The molecule has 174 valence electrons. The number of benzene rings is 1. The Balaban J connectivity index is 2.09. The summed E-state index contributed by atoms with van der Waals surface area (Å²) in [6.07, 6.45) is 4.91. The van der Waals surface area contributed by atoms with Gasteiger partial charge >= 0.3 is 17.9 Å². The van der Waals surface area contributed by atoms with Gasteiger partial charge in [0.05, 0.1) is 12.2 Å². The van der Waals surface area contributed by atoms with Crippen LogP contribution in [0.5, 0.6) is 5.75 Å². The van der Waals surface area contributed by atoms with E-state index in [0.717, 1.165) is 0 Å². The van der Waals surface area contributed by atoms with E-state index in [1.54, 1.807) is 66.0 Å². The molecule has 8 nitrogen and oxygen atoms in total. The molecule has 0 aromatic heterocycles. The summed E-state index contributed by atoms with van der Waals surface area (Å²) in [5.74, 6) is -2.11. The van der Waals surface area contributed by atoms with Gasteiger partial charge in [0.15, 0.2) is 6.23 Å². The third-order valence-corrected chi connectivity index (χ3v) is 5.53. The molecule has 3 aliphatic heterocycles. The highest BCUT2D eigenvalue weighted by molar-refractivity contribution is 6.10.